The van der Waals surface area contributed by atoms with E-state index in [9.17, 15) is 14.4 Å². The summed E-state index contributed by atoms with van der Waals surface area (Å²) in [7, 11) is 0. The lowest BCUT2D eigenvalue weighted by Crippen LogP contribution is -2.51. The van der Waals surface area contributed by atoms with Gasteiger partial charge in [-0.25, -0.2) is 4.98 Å². The van der Waals surface area contributed by atoms with Crippen molar-refractivity contribution in [3.63, 3.8) is 0 Å². The quantitative estimate of drug-likeness (QED) is 0.638. The van der Waals surface area contributed by atoms with Crippen molar-refractivity contribution in [1.82, 2.24) is 15.6 Å². The Kier molecular flexibility index (Phi) is 4.74. The van der Waals surface area contributed by atoms with E-state index in [1.807, 2.05) is 0 Å². The molecule has 1 aliphatic heterocycles. The Hall–Kier alpha value is -2.15. The lowest BCUT2D eigenvalue weighted by atomic mass is 10.1. The van der Waals surface area contributed by atoms with Gasteiger partial charge in [-0.15, -0.1) is 0 Å². The van der Waals surface area contributed by atoms with Crippen LogP contribution in [0.4, 0.5) is 0 Å². The van der Waals surface area contributed by atoms with Gasteiger partial charge >= 0.3 is 0 Å². The van der Waals surface area contributed by atoms with E-state index in [2.05, 4.69) is 15.6 Å². The average molecular weight is 311 g/mol. The van der Waals surface area contributed by atoms with Crippen LogP contribution in [-0.4, -0.2) is 34.8 Å². The molecular weight excluding hydrogens is 296 g/mol. The van der Waals surface area contributed by atoms with Crippen LogP contribution >= 0.6 is 11.6 Å². The van der Waals surface area contributed by atoms with Crippen LogP contribution in [0.2, 0.25) is 5.15 Å². The number of aromatic nitrogens is 1. The summed E-state index contributed by atoms with van der Waals surface area (Å²) in [6.07, 6.45) is 2.45. The number of halogens is 1. The summed E-state index contributed by atoms with van der Waals surface area (Å²) in [6.45, 7) is 0. The molecular formula is C13H15ClN4O3. The molecule has 2 atom stereocenters. The highest BCUT2D eigenvalue weighted by molar-refractivity contribution is 6.29. The molecule has 0 saturated carbocycles. The molecule has 1 aliphatic rings. The molecule has 0 aliphatic carbocycles. The number of nitrogens with two attached hydrogens (primary N) is 1. The number of amides is 3. The van der Waals surface area contributed by atoms with Crippen LogP contribution in [0.25, 0.3) is 0 Å². The van der Waals surface area contributed by atoms with Crippen molar-refractivity contribution in [2.45, 2.75) is 31.3 Å². The normalized spacial score (nSPS) is 18.9. The highest BCUT2D eigenvalue weighted by Crippen LogP contribution is 2.09. The fourth-order valence-electron chi connectivity index (χ4n) is 2.07. The Morgan fingerprint density at radius 1 is 1.52 bits per heavy atom. The van der Waals surface area contributed by atoms with Crippen molar-refractivity contribution >= 4 is 29.3 Å². The van der Waals surface area contributed by atoms with E-state index < -0.39 is 23.9 Å². The Morgan fingerprint density at radius 2 is 2.29 bits per heavy atom. The van der Waals surface area contributed by atoms with E-state index >= 15 is 0 Å². The molecule has 0 unspecified atom stereocenters. The van der Waals surface area contributed by atoms with Crippen molar-refractivity contribution in [3.05, 3.63) is 29.0 Å². The second kappa shape index (κ2) is 6.53. The van der Waals surface area contributed by atoms with Gasteiger partial charge in [-0.2, -0.15) is 0 Å². The lowest BCUT2D eigenvalue weighted by molar-refractivity contribution is -0.129. The first-order valence-corrected chi connectivity index (χ1v) is 6.83. The highest BCUT2D eigenvalue weighted by atomic mass is 35.5. The summed E-state index contributed by atoms with van der Waals surface area (Å²) >= 11 is 5.68. The van der Waals surface area contributed by atoms with Gasteiger partial charge in [0, 0.05) is 19.0 Å². The summed E-state index contributed by atoms with van der Waals surface area (Å²) in [4.78, 5) is 38.4. The monoisotopic (exact) mass is 310 g/mol. The fraction of sp³-hybridized carbons (Fsp3) is 0.385. The molecule has 0 spiro atoms. The zero-order valence-electron chi connectivity index (χ0n) is 11.1. The molecule has 1 aromatic heterocycles. The summed E-state index contributed by atoms with van der Waals surface area (Å²) < 4.78 is 0. The minimum absolute atomic E-state index is 0.173. The molecule has 4 N–H and O–H groups in total. The van der Waals surface area contributed by atoms with Gasteiger partial charge < -0.3 is 16.4 Å². The molecule has 3 amide bonds. The predicted octanol–water partition coefficient (Wildman–Crippen LogP) is -0.474. The SMILES string of the molecule is NC(=O)[C@@H](Cc1ccc(Cl)nc1)NC(=O)[C@H]1CCC(=O)N1. The van der Waals surface area contributed by atoms with Crippen LogP contribution in [0.1, 0.15) is 18.4 Å². The van der Waals surface area contributed by atoms with Crippen LogP contribution < -0.4 is 16.4 Å². The van der Waals surface area contributed by atoms with Gasteiger partial charge in [0.15, 0.2) is 0 Å². The van der Waals surface area contributed by atoms with Crippen LogP contribution in [0.5, 0.6) is 0 Å². The molecule has 8 heteroatoms. The second-order valence-corrected chi connectivity index (χ2v) is 5.20. The molecule has 7 nitrogen and oxygen atoms in total. The number of primary amides is 1. The topological polar surface area (TPSA) is 114 Å². The summed E-state index contributed by atoms with van der Waals surface area (Å²) in [5.41, 5.74) is 6.02. The number of carbonyl (C=O) groups excluding carboxylic acids is 3. The maximum absolute atomic E-state index is 12.0. The standard InChI is InChI=1S/C13H15ClN4O3/c14-10-3-1-7(6-16-10)5-9(12(15)20)18-13(21)8-2-4-11(19)17-8/h1,3,6,8-9H,2,4-5H2,(H2,15,20)(H,17,19)(H,18,21)/t8-,9-/m1/s1. The van der Waals surface area contributed by atoms with E-state index in [4.69, 9.17) is 17.3 Å². The first-order valence-electron chi connectivity index (χ1n) is 6.45. The summed E-state index contributed by atoms with van der Waals surface area (Å²) in [6, 6.07) is 1.82. The maximum atomic E-state index is 12.0. The van der Waals surface area contributed by atoms with Gasteiger partial charge in [-0.05, 0) is 18.1 Å². The number of nitrogens with one attached hydrogen (secondary N) is 2. The number of rotatable bonds is 5. The minimum Gasteiger partial charge on any atom is -0.368 e. The third-order valence-corrected chi connectivity index (χ3v) is 3.42. The van der Waals surface area contributed by atoms with E-state index in [1.54, 1.807) is 12.1 Å². The zero-order valence-corrected chi connectivity index (χ0v) is 11.9. The third-order valence-electron chi connectivity index (χ3n) is 3.20. The lowest BCUT2D eigenvalue weighted by Gasteiger charge is -2.18. The Morgan fingerprint density at radius 3 is 2.81 bits per heavy atom. The molecule has 21 heavy (non-hydrogen) atoms. The number of hydrogen-bond acceptors (Lipinski definition) is 4. The maximum Gasteiger partial charge on any atom is 0.243 e. The Labute approximate surface area is 126 Å². The number of hydrogen-bond donors (Lipinski definition) is 3. The van der Waals surface area contributed by atoms with Crippen molar-refractivity contribution in [1.29, 1.82) is 0 Å². The molecule has 112 valence electrons. The third kappa shape index (κ3) is 4.16. The van der Waals surface area contributed by atoms with E-state index in [-0.39, 0.29) is 12.3 Å². The minimum atomic E-state index is -0.863. The largest absolute Gasteiger partial charge is 0.368 e. The summed E-state index contributed by atoms with van der Waals surface area (Å²) in [5.74, 6) is -1.23. The molecule has 2 heterocycles. The molecule has 0 radical (unpaired) electrons. The van der Waals surface area contributed by atoms with Crippen molar-refractivity contribution in [2.24, 2.45) is 5.73 Å². The van der Waals surface area contributed by atoms with E-state index in [1.165, 1.54) is 6.20 Å². The first kappa shape index (κ1) is 15.2. The van der Waals surface area contributed by atoms with Crippen molar-refractivity contribution < 1.29 is 14.4 Å². The molecule has 0 bridgehead atoms. The van der Waals surface area contributed by atoms with Gasteiger partial charge in [-0.1, -0.05) is 17.7 Å². The number of carbonyl (C=O) groups is 3. The fourth-order valence-corrected chi connectivity index (χ4v) is 2.18. The van der Waals surface area contributed by atoms with Gasteiger partial charge in [0.05, 0.1) is 0 Å². The smallest absolute Gasteiger partial charge is 0.243 e. The zero-order chi connectivity index (χ0) is 15.4. The van der Waals surface area contributed by atoms with Gasteiger partial charge in [0.25, 0.3) is 0 Å². The van der Waals surface area contributed by atoms with Crippen LogP contribution in [0, 0.1) is 0 Å². The Balaban J connectivity index is 1.99. The van der Waals surface area contributed by atoms with E-state index in [0.717, 1.165) is 5.56 Å². The highest BCUT2D eigenvalue weighted by Gasteiger charge is 2.29. The first-order chi connectivity index (χ1) is 9.95. The van der Waals surface area contributed by atoms with Gasteiger partial charge in [0.1, 0.15) is 17.2 Å². The molecule has 0 aromatic carbocycles. The second-order valence-electron chi connectivity index (χ2n) is 4.82. The Bertz CT molecular complexity index is 561. The van der Waals surface area contributed by atoms with Crippen molar-refractivity contribution in [3.8, 4) is 0 Å². The van der Waals surface area contributed by atoms with Crippen molar-refractivity contribution in [2.75, 3.05) is 0 Å². The molecule has 2 rings (SSSR count). The molecule has 1 aromatic rings. The molecule has 1 saturated heterocycles. The van der Waals surface area contributed by atoms with Gasteiger partial charge in [0.2, 0.25) is 17.7 Å². The average Bonchev–Trinajstić information content (AvgIpc) is 2.87. The van der Waals surface area contributed by atoms with Crippen LogP contribution in [-0.2, 0) is 20.8 Å². The summed E-state index contributed by atoms with van der Waals surface area (Å²) in [5, 5.41) is 5.43. The van der Waals surface area contributed by atoms with E-state index in [0.29, 0.717) is 18.0 Å². The van der Waals surface area contributed by atoms with Gasteiger partial charge in [-0.3, -0.25) is 14.4 Å². The number of pyridine rings is 1. The van der Waals surface area contributed by atoms with Crippen LogP contribution in [0.3, 0.4) is 0 Å². The molecule has 1 fully saturated rings. The predicted molar refractivity (Wildman–Crippen MR) is 75.2 cm³/mol. The van der Waals surface area contributed by atoms with Crippen LogP contribution in [0.15, 0.2) is 18.3 Å². The number of nitrogens with zero attached hydrogens (tertiary/aromatic N) is 1.